The Morgan fingerprint density at radius 3 is 2.40 bits per heavy atom. The minimum Gasteiger partial charge on any atom is -0.476 e. The van der Waals surface area contributed by atoms with Crippen LogP contribution in [0.2, 0.25) is 18.1 Å². The summed E-state index contributed by atoms with van der Waals surface area (Å²) in [7, 11) is -2.10. The third-order valence-electron chi connectivity index (χ3n) is 4.01. The van der Waals surface area contributed by atoms with Crippen molar-refractivity contribution in [1.82, 2.24) is 4.73 Å². The van der Waals surface area contributed by atoms with Crippen molar-refractivity contribution in [2.24, 2.45) is 0 Å². The molecule has 0 saturated carbocycles. The minimum absolute atomic E-state index is 0.00808. The lowest BCUT2D eigenvalue weighted by Gasteiger charge is -2.36. The van der Waals surface area contributed by atoms with Gasteiger partial charge in [-0.25, -0.2) is 4.79 Å². The summed E-state index contributed by atoms with van der Waals surface area (Å²) >= 11 is 0. The Kier molecular flexibility index (Phi) is 3.42. The van der Waals surface area contributed by atoms with Gasteiger partial charge in [0.1, 0.15) is 0 Å². The Morgan fingerprint density at radius 2 is 1.85 bits per heavy atom. The highest BCUT2D eigenvalue weighted by molar-refractivity contribution is 6.74. The van der Waals surface area contributed by atoms with Crippen molar-refractivity contribution in [3.05, 3.63) is 36.0 Å². The molecule has 0 spiro atoms. The summed E-state index contributed by atoms with van der Waals surface area (Å²) in [6.45, 7) is 10.6. The molecule has 4 nitrogen and oxygen atoms in total. The van der Waals surface area contributed by atoms with Crippen LogP contribution in [0.5, 0.6) is 0 Å². The van der Waals surface area contributed by atoms with E-state index in [0.717, 1.165) is 10.9 Å². The number of hydrogen-bond acceptors (Lipinski definition) is 2. The fourth-order valence-corrected chi connectivity index (χ4v) is 2.67. The van der Waals surface area contributed by atoms with Crippen LogP contribution in [0.4, 0.5) is 0 Å². The zero-order valence-corrected chi connectivity index (χ0v) is 13.6. The summed E-state index contributed by atoms with van der Waals surface area (Å²) < 4.78 is 7.68. The first-order valence-corrected chi connectivity index (χ1v) is 9.57. The van der Waals surface area contributed by atoms with Crippen LogP contribution in [0.25, 0.3) is 10.9 Å². The van der Waals surface area contributed by atoms with Crippen LogP contribution in [-0.2, 0) is 0 Å². The molecular weight excluding hydrogens is 270 g/mol. The molecule has 0 fully saturated rings. The van der Waals surface area contributed by atoms with Gasteiger partial charge in [-0.2, -0.15) is 4.73 Å². The summed E-state index contributed by atoms with van der Waals surface area (Å²) in [5, 5.41) is 10.3. The van der Waals surface area contributed by atoms with Crippen LogP contribution < -0.4 is 4.53 Å². The Bertz CT molecular complexity index is 653. The molecule has 1 N–H and O–H groups in total. The van der Waals surface area contributed by atoms with E-state index in [1.165, 1.54) is 4.73 Å². The number of aromatic nitrogens is 1. The van der Waals surface area contributed by atoms with Crippen LogP contribution >= 0.6 is 0 Å². The smallest absolute Gasteiger partial charge is 0.355 e. The van der Waals surface area contributed by atoms with Gasteiger partial charge in [0.15, 0.2) is 5.69 Å². The first-order valence-electron chi connectivity index (χ1n) is 6.67. The molecule has 0 radical (unpaired) electrons. The molecule has 0 aliphatic rings. The van der Waals surface area contributed by atoms with Crippen molar-refractivity contribution in [3.63, 3.8) is 0 Å². The second-order valence-corrected chi connectivity index (χ2v) is 11.2. The number of rotatable bonds is 3. The zero-order chi connectivity index (χ0) is 15.1. The summed E-state index contributed by atoms with van der Waals surface area (Å²) in [6.07, 6.45) is 0. The van der Waals surface area contributed by atoms with Gasteiger partial charge in [-0.05, 0) is 30.3 Å². The van der Waals surface area contributed by atoms with Crippen molar-refractivity contribution >= 4 is 25.2 Å². The fraction of sp³-hybridized carbons (Fsp3) is 0.400. The van der Waals surface area contributed by atoms with Crippen LogP contribution in [0, 0.1) is 0 Å². The second kappa shape index (κ2) is 4.66. The van der Waals surface area contributed by atoms with Gasteiger partial charge in [-0.1, -0.05) is 39.0 Å². The molecule has 0 amide bonds. The van der Waals surface area contributed by atoms with Crippen molar-refractivity contribution in [2.45, 2.75) is 38.9 Å². The molecule has 0 unspecified atom stereocenters. The molecule has 20 heavy (non-hydrogen) atoms. The molecule has 0 atom stereocenters. The average molecular weight is 291 g/mol. The van der Waals surface area contributed by atoms with E-state index in [-0.39, 0.29) is 10.7 Å². The highest BCUT2D eigenvalue weighted by Crippen LogP contribution is 2.35. The standard InChI is InChI=1S/C15H21NO3Si/c1-15(2,3)20(4,5)19-16-12-9-7-6-8-11(12)10-13(16)14(17)18/h6-10H,1-5H3,(H,17,18). The molecule has 0 aliphatic heterocycles. The molecule has 2 rings (SSSR count). The SMILES string of the molecule is CC(C)(C)[Si](C)(C)On1c(C(=O)O)cc2ccccc21. The van der Waals surface area contributed by atoms with E-state index >= 15 is 0 Å². The lowest BCUT2D eigenvalue weighted by molar-refractivity contribution is 0.0665. The van der Waals surface area contributed by atoms with E-state index in [0.29, 0.717) is 0 Å². The molecular formula is C15H21NO3Si. The maximum absolute atomic E-state index is 11.4. The number of para-hydroxylation sites is 1. The predicted octanol–water partition coefficient (Wildman–Crippen LogP) is 3.77. The quantitative estimate of drug-likeness (QED) is 0.876. The number of benzene rings is 1. The van der Waals surface area contributed by atoms with Crippen LogP contribution in [0.15, 0.2) is 30.3 Å². The van der Waals surface area contributed by atoms with Crippen molar-refractivity contribution < 1.29 is 14.4 Å². The summed E-state index contributed by atoms with van der Waals surface area (Å²) in [4.78, 5) is 11.4. The first kappa shape index (κ1) is 14.7. The van der Waals surface area contributed by atoms with Gasteiger partial charge >= 0.3 is 5.97 Å². The van der Waals surface area contributed by atoms with E-state index in [2.05, 4.69) is 33.9 Å². The van der Waals surface area contributed by atoms with Crippen LogP contribution in [0.3, 0.4) is 0 Å². The van der Waals surface area contributed by atoms with Crippen molar-refractivity contribution in [2.75, 3.05) is 0 Å². The van der Waals surface area contributed by atoms with Gasteiger partial charge in [-0.3, -0.25) is 0 Å². The third kappa shape index (κ3) is 2.45. The molecule has 5 heteroatoms. The zero-order valence-electron chi connectivity index (χ0n) is 12.6. The Morgan fingerprint density at radius 1 is 1.25 bits per heavy atom. The molecule has 1 aromatic heterocycles. The highest BCUT2D eigenvalue weighted by Gasteiger charge is 2.41. The molecule has 2 aromatic rings. The van der Waals surface area contributed by atoms with Crippen molar-refractivity contribution in [1.29, 1.82) is 0 Å². The third-order valence-corrected chi connectivity index (χ3v) is 8.26. The number of aromatic carboxylic acids is 1. The number of nitrogens with zero attached hydrogens (tertiary/aromatic N) is 1. The molecule has 108 valence electrons. The first-order chi connectivity index (χ1) is 9.13. The normalized spacial score (nSPS) is 12.7. The summed E-state index contributed by atoms with van der Waals surface area (Å²) in [5.41, 5.74) is 0.978. The Balaban J connectivity index is 2.58. The lowest BCUT2D eigenvalue weighted by atomic mass is 10.2. The second-order valence-electron chi connectivity index (χ2n) is 6.54. The predicted molar refractivity (Wildman–Crippen MR) is 82.7 cm³/mol. The minimum atomic E-state index is -2.10. The summed E-state index contributed by atoms with van der Waals surface area (Å²) in [5.74, 6) is -0.972. The number of carboxylic acids is 1. The lowest BCUT2D eigenvalue weighted by Crippen LogP contribution is -2.48. The van der Waals surface area contributed by atoms with E-state index in [9.17, 15) is 9.90 Å². The van der Waals surface area contributed by atoms with Crippen molar-refractivity contribution in [3.8, 4) is 0 Å². The van der Waals surface area contributed by atoms with E-state index < -0.39 is 14.3 Å². The fourth-order valence-electron chi connectivity index (χ4n) is 1.74. The number of hydrogen-bond donors (Lipinski definition) is 1. The molecule has 1 aromatic carbocycles. The number of carbonyl (C=O) groups is 1. The van der Waals surface area contributed by atoms with E-state index in [1.807, 2.05) is 24.3 Å². The maximum atomic E-state index is 11.4. The monoisotopic (exact) mass is 291 g/mol. The Hall–Kier alpha value is -1.75. The van der Waals surface area contributed by atoms with Gasteiger partial charge in [-0.15, -0.1) is 0 Å². The molecule has 0 aliphatic carbocycles. The van der Waals surface area contributed by atoms with Gasteiger partial charge in [0.25, 0.3) is 8.32 Å². The Labute approximate surface area is 120 Å². The van der Waals surface area contributed by atoms with E-state index in [4.69, 9.17) is 4.53 Å². The van der Waals surface area contributed by atoms with Crippen LogP contribution in [0.1, 0.15) is 31.3 Å². The molecule has 0 bridgehead atoms. The molecule has 0 saturated heterocycles. The highest BCUT2D eigenvalue weighted by atomic mass is 28.4. The van der Waals surface area contributed by atoms with Gasteiger partial charge in [0, 0.05) is 5.39 Å². The van der Waals surface area contributed by atoms with Gasteiger partial charge in [0.2, 0.25) is 0 Å². The van der Waals surface area contributed by atoms with Gasteiger partial charge < -0.3 is 9.63 Å². The maximum Gasteiger partial charge on any atom is 0.355 e. The summed E-state index contributed by atoms with van der Waals surface area (Å²) in [6, 6.07) is 9.22. The topological polar surface area (TPSA) is 51.5 Å². The van der Waals surface area contributed by atoms with Gasteiger partial charge in [0.05, 0.1) is 5.52 Å². The average Bonchev–Trinajstić information content (AvgIpc) is 2.67. The van der Waals surface area contributed by atoms with Crippen LogP contribution in [-0.4, -0.2) is 24.1 Å². The van der Waals surface area contributed by atoms with E-state index in [1.54, 1.807) is 6.07 Å². The molecule has 1 heterocycles. The largest absolute Gasteiger partial charge is 0.476 e. The number of carboxylic acid groups (broad SMARTS) is 1. The number of fused-ring (bicyclic) bond motifs is 1.